The molecule has 0 atom stereocenters. The van der Waals surface area contributed by atoms with E-state index in [1.54, 1.807) is 12.4 Å². The van der Waals surface area contributed by atoms with Crippen LogP contribution >= 0.6 is 11.6 Å². The number of nitrogens with one attached hydrogen (secondary N) is 1. The number of anilines is 2. The first-order valence-corrected chi connectivity index (χ1v) is 6.61. The smallest absolute Gasteiger partial charge is 0.234 e. The van der Waals surface area contributed by atoms with Gasteiger partial charge in [0.2, 0.25) is 5.88 Å². The van der Waals surface area contributed by atoms with Gasteiger partial charge in [0.25, 0.3) is 0 Å². The van der Waals surface area contributed by atoms with E-state index in [1.165, 1.54) is 0 Å². The van der Waals surface area contributed by atoms with Crippen LogP contribution in [-0.2, 0) is 5.88 Å². The molecule has 2 rings (SSSR count). The van der Waals surface area contributed by atoms with Crippen LogP contribution in [0.25, 0.3) is 0 Å². The molecule has 0 radical (unpaired) electrons. The number of rotatable bonds is 5. The van der Waals surface area contributed by atoms with Crippen LogP contribution in [0.5, 0.6) is 5.88 Å². The largest absolute Gasteiger partial charge is 0.474 e. The van der Waals surface area contributed by atoms with Crippen molar-refractivity contribution in [2.24, 2.45) is 0 Å². The van der Waals surface area contributed by atoms with E-state index < -0.39 is 0 Å². The summed E-state index contributed by atoms with van der Waals surface area (Å²) in [6.07, 6.45) is 3.32. The molecule has 1 aromatic heterocycles. The molecule has 0 aliphatic rings. The Kier molecular flexibility index (Phi) is 4.58. The predicted molar refractivity (Wildman–Crippen MR) is 77.1 cm³/mol. The zero-order valence-corrected chi connectivity index (χ0v) is 11.7. The first kappa shape index (κ1) is 13.6. The van der Waals surface area contributed by atoms with Crippen LogP contribution in [0.4, 0.5) is 11.5 Å². The van der Waals surface area contributed by atoms with Gasteiger partial charge in [-0.1, -0.05) is 12.1 Å². The second kappa shape index (κ2) is 6.38. The average Bonchev–Trinajstić information content (AvgIpc) is 2.38. The van der Waals surface area contributed by atoms with Crippen LogP contribution in [0.1, 0.15) is 19.4 Å². The zero-order valence-electron chi connectivity index (χ0n) is 10.9. The molecule has 0 fully saturated rings. The van der Waals surface area contributed by atoms with Crippen molar-refractivity contribution in [3.8, 4) is 5.88 Å². The highest BCUT2D eigenvalue weighted by Gasteiger charge is 2.03. The number of hydrogen-bond acceptors (Lipinski definition) is 4. The Morgan fingerprint density at radius 1 is 1.32 bits per heavy atom. The molecule has 0 bridgehead atoms. The maximum atomic E-state index is 5.81. The fourth-order valence-corrected chi connectivity index (χ4v) is 1.75. The number of aromatic nitrogens is 2. The Bertz CT molecular complexity index is 546. The van der Waals surface area contributed by atoms with Gasteiger partial charge in [0.05, 0.1) is 18.5 Å². The Hall–Kier alpha value is -1.81. The molecule has 4 nitrogen and oxygen atoms in total. The second-order valence-corrected chi connectivity index (χ2v) is 4.64. The number of ether oxygens (including phenoxy) is 1. The lowest BCUT2D eigenvalue weighted by molar-refractivity contribution is 0.232. The summed E-state index contributed by atoms with van der Waals surface area (Å²) in [7, 11) is 0. The van der Waals surface area contributed by atoms with Crippen molar-refractivity contribution < 1.29 is 4.74 Å². The van der Waals surface area contributed by atoms with E-state index in [2.05, 4.69) is 15.3 Å². The highest BCUT2D eigenvalue weighted by atomic mass is 35.5. The van der Waals surface area contributed by atoms with E-state index in [1.807, 2.05) is 38.1 Å². The minimum atomic E-state index is 0.0733. The average molecular weight is 278 g/mol. The lowest BCUT2D eigenvalue weighted by Crippen LogP contribution is -2.08. The predicted octanol–water partition coefficient (Wildman–Crippen LogP) is 3.75. The van der Waals surface area contributed by atoms with Crippen molar-refractivity contribution in [2.45, 2.75) is 25.8 Å². The highest BCUT2D eigenvalue weighted by molar-refractivity contribution is 6.17. The fourth-order valence-electron chi connectivity index (χ4n) is 1.59. The van der Waals surface area contributed by atoms with Gasteiger partial charge in [-0.25, -0.2) is 0 Å². The van der Waals surface area contributed by atoms with Gasteiger partial charge in [0, 0.05) is 11.6 Å². The number of alkyl halides is 1. The molecule has 0 saturated carbocycles. The van der Waals surface area contributed by atoms with Crippen molar-refractivity contribution in [2.75, 3.05) is 5.32 Å². The van der Waals surface area contributed by atoms with Gasteiger partial charge < -0.3 is 10.1 Å². The summed E-state index contributed by atoms with van der Waals surface area (Å²) in [6.45, 7) is 3.90. The summed E-state index contributed by atoms with van der Waals surface area (Å²) in [5, 5.41) is 3.18. The summed E-state index contributed by atoms with van der Waals surface area (Å²) in [4.78, 5) is 8.44. The summed E-state index contributed by atoms with van der Waals surface area (Å²) in [5.41, 5.74) is 1.98. The summed E-state index contributed by atoms with van der Waals surface area (Å²) in [5.74, 6) is 1.64. The van der Waals surface area contributed by atoms with Gasteiger partial charge in [-0.15, -0.1) is 11.6 Å². The van der Waals surface area contributed by atoms with E-state index in [0.717, 1.165) is 11.3 Å². The number of benzene rings is 1. The molecule has 0 spiro atoms. The molecule has 19 heavy (non-hydrogen) atoms. The Morgan fingerprint density at radius 2 is 2.16 bits per heavy atom. The molecule has 0 aliphatic heterocycles. The molecule has 0 saturated heterocycles. The molecule has 0 amide bonds. The Balaban J connectivity index is 2.13. The summed E-state index contributed by atoms with van der Waals surface area (Å²) in [6, 6.07) is 7.85. The number of nitrogens with zero attached hydrogens (tertiary/aromatic N) is 2. The van der Waals surface area contributed by atoms with E-state index >= 15 is 0 Å². The Labute approximate surface area is 117 Å². The highest BCUT2D eigenvalue weighted by Crippen LogP contribution is 2.18. The topological polar surface area (TPSA) is 47.0 Å². The lowest BCUT2D eigenvalue weighted by Gasteiger charge is -2.10. The standard InChI is InChI=1S/C14H16ClN3O/c1-10(2)19-14-9-16-8-13(18-14)17-12-5-3-4-11(6-12)7-15/h3-6,8-10H,7H2,1-2H3,(H,17,18). The lowest BCUT2D eigenvalue weighted by atomic mass is 10.2. The summed E-state index contributed by atoms with van der Waals surface area (Å²) >= 11 is 5.81. The molecule has 1 N–H and O–H groups in total. The quantitative estimate of drug-likeness (QED) is 0.846. The third-order valence-corrected chi connectivity index (χ3v) is 2.63. The van der Waals surface area contributed by atoms with Gasteiger partial charge in [0.15, 0.2) is 5.82 Å². The van der Waals surface area contributed by atoms with Gasteiger partial charge in [-0.05, 0) is 31.5 Å². The Morgan fingerprint density at radius 3 is 2.89 bits per heavy atom. The van der Waals surface area contributed by atoms with Gasteiger partial charge in [0.1, 0.15) is 0 Å². The molecule has 0 aliphatic carbocycles. The van der Waals surface area contributed by atoms with E-state index in [9.17, 15) is 0 Å². The minimum Gasteiger partial charge on any atom is -0.474 e. The maximum absolute atomic E-state index is 5.81. The van der Waals surface area contributed by atoms with Crippen molar-refractivity contribution >= 4 is 23.1 Å². The maximum Gasteiger partial charge on any atom is 0.234 e. The van der Waals surface area contributed by atoms with Gasteiger partial charge >= 0.3 is 0 Å². The fraction of sp³-hybridized carbons (Fsp3) is 0.286. The van der Waals surface area contributed by atoms with Crippen LogP contribution in [0, 0.1) is 0 Å². The van der Waals surface area contributed by atoms with Gasteiger partial charge in [-0.3, -0.25) is 4.98 Å². The van der Waals surface area contributed by atoms with Crippen molar-refractivity contribution in [3.05, 3.63) is 42.2 Å². The summed E-state index contributed by atoms with van der Waals surface area (Å²) < 4.78 is 5.50. The first-order valence-electron chi connectivity index (χ1n) is 6.08. The molecular formula is C14H16ClN3O. The monoisotopic (exact) mass is 277 g/mol. The van der Waals surface area contributed by atoms with Crippen LogP contribution in [0.3, 0.4) is 0 Å². The van der Waals surface area contributed by atoms with Crippen molar-refractivity contribution in [3.63, 3.8) is 0 Å². The van der Waals surface area contributed by atoms with Crippen LogP contribution in [0.15, 0.2) is 36.7 Å². The van der Waals surface area contributed by atoms with E-state index in [4.69, 9.17) is 16.3 Å². The van der Waals surface area contributed by atoms with E-state index in [0.29, 0.717) is 17.6 Å². The van der Waals surface area contributed by atoms with Crippen LogP contribution in [-0.4, -0.2) is 16.1 Å². The van der Waals surface area contributed by atoms with Crippen molar-refractivity contribution in [1.29, 1.82) is 0 Å². The van der Waals surface area contributed by atoms with Gasteiger partial charge in [-0.2, -0.15) is 4.98 Å². The van der Waals surface area contributed by atoms with Crippen LogP contribution < -0.4 is 10.1 Å². The zero-order chi connectivity index (χ0) is 13.7. The molecular weight excluding hydrogens is 262 g/mol. The molecule has 100 valence electrons. The number of halogens is 1. The first-order chi connectivity index (χ1) is 9.17. The normalized spacial score (nSPS) is 10.5. The SMILES string of the molecule is CC(C)Oc1cncc(Nc2cccc(CCl)c2)n1. The molecule has 0 unspecified atom stereocenters. The third-order valence-electron chi connectivity index (χ3n) is 2.32. The second-order valence-electron chi connectivity index (χ2n) is 4.37. The molecule has 5 heteroatoms. The third kappa shape index (κ3) is 4.10. The molecule has 2 aromatic rings. The molecule has 1 heterocycles. The van der Waals surface area contributed by atoms with Crippen molar-refractivity contribution in [1.82, 2.24) is 9.97 Å². The number of hydrogen-bond donors (Lipinski definition) is 1. The van der Waals surface area contributed by atoms with Crippen LogP contribution in [0.2, 0.25) is 0 Å². The van der Waals surface area contributed by atoms with E-state index in [-0.39, 0.29) is 6.10 Å². The minimum absolute atomic E-state index is 0.0733. The molecule has 1 aromatic carbocycles.